The highest BCUT2D eigenvalue weighted by Crippen LogP contribution is 2.26. The number of hydrogen-bond donors (Lipinski definition) is 2. The summed E-state index contributed by atoms with van der Waals surface area (Å²) in [6.07, 6.45) is 1.77. The van der Waals surface area contributed by atoms with Crippen molar-refractivity contribution in [2.45, 2.75) is 25.4 Å². The molecule has 1 aliphatic rings. The van der Waals surface area contributed by atoms with Crippen LogP contribution in [0.15, 0.2) is 42.5 Å². The first kappa shape index (κ1) is 17.2. The number of nitrogens with zero attached hydrogens (tertiary/aromatic N) is 1. The number of benzene rings is 2. The van der Waals surface area contributed by atoms with Crippen molar-refractivity contribution < 1.29 is 13.9 Å². The normalized spacial score (nSPS) is 17.4. The molecule has 0 spiro atoms. The smallest absolute Gasteiger partial charge is 0.241 e. The van der Waals surface area contributed by atoms with E-state index in [4.69, 9.17) is 10.5 Å². The Morgan fingerprint density at radius 1 is 1.32 bits per heavy atom. The zero-order chi connectivity index (χ0) is 17.8. The number of nitrogens with one attached hydrogen (secondary N) is 1. The second kappa shape index (κ2) is 7.53. The molecule has 2 aromatic rings. The molecule has 1 heterocycles. The number of anilines is 2. The predicted octanol–water partition coefficient (Wildman–Crippen LogP) is 3.02. The number of carbonyl (C=O) groups excluding carboxylic acids is 1. The molecule has 1 unspecified atom stereocenters. The van der Waals surface area contributed by atoms with Crippen molar-refractivity contribution >= 4 is 17.3 Å². The fraction of sp³-hybridized carbons (Fsp3) is 0.316. The Balaban J connectivity index is 1.66. The van der Waals surface area contributed by atoms with Crippen LogP contribution < -0.4 is 15.8 Å². The van der Waals surface area contributed by atoms with Crippen molar-refractivity contribution in [2.75, 3.05) is 24.7 Å². The van der Waals surface area contributed by atoms with Crippen LogP contribution in [0.3, 0.4) is 0 Å². The third-order valence-electron chi connectivity index (χ3n) is 4.46. The summed E-state index contributed by atoms with van der Waals surface area (Å²) in [4.78, 5) is 14.8. The summed E-state index contributed by atoms with van der Waals surface area (Å²) in [6.45, 7) is 1.48. The van der Waals surface area contributed by atoms with E-state index in [0.717, 1.165) is 24.9 Å². The number of amides is 1. The number of halogens is 1. The first-order chi connectivity index (χ1) is 12.1. The predicted molar refractivity (Wildman–Crippen MR) is 95.9 cm³/mol. The maximum atomic E-state index is 13.0. The second-order valence-electron chi connectivity index (χ2n) is 6.20. The zero-order valence-corrected chi connectivity index (χ0v) is 14.2. The number of hydrogen-bond acceptors (Lipinski definition) is 4. The summed E-state index contributed by atoms with van der Waals surface area (Å²) in [5, 5.41) is 2.92. The van der Waals surface area contributed by atoms with Gasteiger partial charge in [-0.1, -0.05) is 12.1 Å². The highest BCUT2D eigenvalue weighted by molar-refractivity contribution is 5.95. The van der Waals surface area contributed by atoms with Crippen LogP contribution in [-0.4, -0.2) is 30.5 Å². The number of ether oxygens (including phenoxy) is 1. The molecular weight excluding hydrogens is 321 g/mol. The first-order valence-electron chi connectivity index (χ1n) is 8.29. The highest BCUT2D eigenvalue weighted by atomic mass is 19.1. The summed E-state index contributed by atoms with van der Waals surface area (Å²) < 4.78 is 18.2. The zero-order valence-electron chi connectivity index (χ0n) is 14.2. The number of methoxy groups -OCH3 is 1. The fourth-order valence-electron chi connectivity index (χ4n) is 3.17. The van der Waals surface area contributed by atoms with Gasteiger partial charge in [0.15, 0.2) is 0 Å². The molecule has 3 rings (SSSR count). The molecule has 0 aromatic heterocycles. The van der Waals surface area contributed by atoms with Gasteiger partial charge in [0, 0.05) is 12.2 Å². The van der Waals surface area contributed by atoms with Crippen molar-refractivity contribution in [3.63, 3.8) is 0 Å². The summed E-state index contributed by atoms with van der Waals surface area (Å²) in [5.41, 5.74) is 8.01. The minimum atomic E-state index is -0.253. The lowest BCUT2D eigenvalue weighted by Crippen LogP contribution is -2.39. The maximum Gasteiger partial charge on any atom is 0.241 e. The fourth-order valence-corrected chi connectivity index (χ4v) is 3.17. The summed E-state index contributed by atoms with van der Waals surface area (Å²) >= 11 is 0. The molecule has 1 atom stereocenters. The number of carbonyl (C=O) groups is 1. The van der Waals surface area contributed by atoms with E-state index in [1.54, 1.807) is 37.4 Å². The molecule has 3 N–H and O–H groups in total. The Kier molecular flexibility index (Phi) is 5.19. The molecule has 0 bridgehead atoms. The third-order valence-corrected chi connectivity index (χ3v) is 4.46. The lowest BCUT2D eigenvalue weighted by atomic mass is 10.1. The Hall–Kier alpha value is -2.60. The van der Waals surface area contributed by atoms with Gasteiger partial charge in [-0.05, 0) is 55.3 Å². The number of nitrogens with two attached hydrogens (primary N) is 1. The van der Waals surface area contributed by atoms with Crippen LogP contribution in [0.25, 0.3) is 0 Å². The monoisotopic (exact) mass is 343 g/mol. The number of likely N-dealkylation sites (tertiary alicyclic amines) is 1. The van der Waals surface area contributed by atoms with E-state index >= 15 is 0 Å². The van der Waals surface area contributed by atoms with E-state index in [2.05, 4.69) is 10.2 Å². The van der Waals surface area contributed by atoms with Gasteiger partial charge in [0.1, 0.15) is 11.6 Å². The van der Waals surface area contributed by atoms with Gasteiger partial charge in [-0.2, -0.15) is 0 Å². The molecule has 1 amide bonds. The van der Waals surface area contributed by atoms with Crippen LogP contribution in [0.4, 0.5) is 15.8 Å². The van der Waals surface area contributed by atoms with Crippen LogP contribution in [0.1, 0.15) is 18.4 Å². The van der Waals surface area contributed by atoms with Gasteiger partial charge in [0.05, 0.1) is 18.8 Å². The third kappa shape index (κ3) is 4.09. The minimum Gasteiger partial charge on any atom is -0.495 e. The van der Waals surface area contributed by atoms with Gasteiger partial charge in [0.2, 0.25) is 5.91 Å². The van der Waals surface area contributed by atoms with Crippen LogP contribution >= 0.6 is 0 Å². The van der Waals surface area contributed by atoms with Gasteiger partial charge in [-0.25, -0.2) is 4.39 Å². The molecule has 0 saturated carbocycles. The van der Waals surface area contributed by atoms with Crippen molar-refractivity contribution in [1.29, 1.82) is 0 Å². The molecule has 6 heteroatoms. The molecule has 132 valence electrons. The highest BCUT2D eigenvalue weighted by Gasteiger charge is 2.30. The van der Waals surface area contributed by atoms with Crippen LogP contribution in [0.5, 0.6) is 5.75 Å². The lowest BCUT2D eigenvalue weighted by Gasteiger charge is -2.24. The van der Waals surface area contributed by atoms with E-state index < -0.39 is 0 Å². The van der Waals surface area contributed by atoms with E-state index in [1.807, 2.05) is 0 Å². The minimum absolute atomic E-state index is 0.0517. The van der Waals surface area contributed by atoms with Gasteiger partial charge in [-0.15, -0.1) is 0 Å². The SMILES string of the molecule is COc1ccc(NC(=O)C2CCCN2Cc2ccc(F)cc2)cc1N. The van der Waals surface area contributed by atoms with Crippen molar-refractivity contribution in [3.8, 4) is 5.75 Å². The molecular formula is C19H22FN3O2. The van der Waals surface area contributed by atoms with Crippen LogP contribution in [0, 0.1) is 5.82 Å². The summed E-state index contributed by atoms with van der Waals surface area (Å²) in [7, 11) is 1.55. The average molecular weight is 343 g/mol. The Bertz CT molecular complexity index is 749. The Morgan fingerprint density at radius 2 is 2.08 bits per heavy atom. The van der Waals surface area contributed by atoms with Crippen molar-refractivity contribution in [1.82, 2.24) is 4.90 Å². The quantitative estimate of drug-likeness (QED) is 0.819. The molecule has 1 saturated heterocycles. The molecule has 1 fully saturated rings. The first-order valence-corrected chi connectivity index (χ1v) is 8.29. The van der Waals surface area contributed by atoms with E-state index in [9.17, 15) is 9.18 Å². The maximum absolute atomic E-state index is 13.0. The van der Waals surface area contributed by atoms with Crippen molar-refractivity contribution in [3.05, 3.63) is 53.8 Å². The lowest BCUT2D eigenvalue weighted by molar-refractivity contribution is -0.120. The molecule has 0 aliphatic carbocycles. The van der Waals surface area contributed by atoms with E-state index in [0.29, 0.717) is 23.7 Å². The Morgan fingerprint density at radius 3 is 2.76 bits per heavy atom. The number of nitrogen functional groups attached to an aromatic ring is 1. The molecule has 5 nitrogen and oxygen atoms in total. The number of rotatable bonds is 5. The summed E-state index contributed by atoms with van der Waals surface area (Å²) in [5.74, 6) is 0.275. The summed E-state index contributed by atoms with van der Waals surface area (Å²) in [6, 6.07) is 11.4. The van der Waals surface area contributed by atoms with Gasteiger partial charge >= 0.3 is 0 Å². The second-order valence-corrected chi connectivity index (χ2v) is 6.20. The average Bonchev–Trinajstić information content (AvgIpc) is 3.05. The standard InChI is InChI=1S/C19H22FN3O2/c1-25-18-9-8-15(11-16(18)21)22-19(24)17-3-2-10-23(17)12-13-4-6-14(20)7-5-13/h4-9,11,17H,2-3,10,12,21H2,1H3,(H,22,24). The Labute approximate surface area is 146 Å². The van der Waals surface area contributed by atoms with Crippen LogP contribution in [0.2, 0.25) is 0 Å². The van der Waals surface area contributed by atoms with Gasteiger partial charge in [0.25, 0.3) is 0 Å². The van der Waals surface area contributed by atoms with Crippen molar-refractivity contribution in [2.24, 2.45) is 0 Å². The molecule has 2 aromatic carbocycles. The van der Waals surface area contributed by atoms with E-state index in [1.165, 1.54) is 12.1 Å². The van der Waals surface area contributed by atoms with Gasteiger partial charge in [-0.3, -0.25) is 9.69 Å². The molecule has 0 radical (unpaired) electrons. The van der Waals surface area contributed by atoms with Gasteiger partial charge < -0.3 is 15.8 Å². The molecule has 25 heavy (non-hydrogen) atoms. The topological polar surface area (TPSA) is 67.6 Å². The largest absolute Gasteiger partial charge is 0.495 e. The van der Waals surface area contributed by atoms with E-state index in [-0.39, 0.29) is 17.8 Å². The van der Waals surface area contributed by atoms with Crippen LogP contribution in [-0.2, 0) is 11.3 Å². The molecule has 1 aliphatic heterocycles.